The summed E-state index contributed by atoms with van der Waals surface area (Å²) in [5.41, 5.74) is 0.184. The number of ether oxygens (including phenoxy) is 1. The average molecular weight is 279 g/mol. The number of rotatable bonds is 5. The molecule has 0 aromatic heterocycles. The van der Waals surface area contributed by atoms with Crippen LogP contribution in [0.1, 0.15) is 38.2 Å². The Balaban J connectivity index is 1.89. The molecule has 1 aliphatic rings. The molecule has 0 saturated heterocycles. The zero-order valence-corrected chi connectivity index (χ0v) is 12.4. The molecule has 1 fully saturated rings. The Morgan fingerprint density at radius 2 is 2.25 bits per heavy atom. The number of hydrogen-bond acceptors (Lipinski definition) is 4. The molecule has 0 aliphatic heterocycles. The van der Waals surface area contributed by atoms with Crippen LogP contribution < -0.4 is 10.1 Å². The molecule has 0 spiro atoms. The highest BCUT2D eigenvalue weighted by Gasteiger charge is 2.32. The highest BCUT2D eigenvalue weighted by molar-refractivity contribution is 5.39. The van der Waals surface area contributed by atoms with Crippen molar-refractivity contribution in [2.45, 2.75) is 44.8 Å². The van der Waals surface area contributed by atoms with E-state index in [1.807, 2.05) is 6.07 Å². The van der Waals surface area contributed by atoms with Gasteiger partial charge in [-0.2, -0.15) is 0 Å². The SMILES string of the molecule is COc1ccc(O)c(CNCC2(O)CCCC(C)C2)c1. The topological polar surface area (TPSA) is 61.7 Å². The van der Waals surface area contributed by atoms with Gasteiger partial charge < -0.3 is 20.3 Å². The molecule has 20 heavy (non-hydrogen) atoms. The van der Waals surface area contributed by atoms with Gasteiger partial charge in [-0.3, -0.25) is 0 Å². The van der Waals surface area contributed by atoms with Gasteiger partial charge in [-0.15, -0.1) is 0 Å². The Morgan fingerprint density at radius 3 is 2.95 bits per heavy atom. The molecule has 2 unspecified atom stereocenters. The van der Waals surface area contributed by atoms with Crippen molar-refractivity contribution in [3.8, 4) is 11.5 Å². The van der Waals surface area contributed by atoms with E-state index in [-0.39, 0.29) is 5.75 Å². The third-order valence-electron chi connectivity index (χ3n) is 4.12. The molecule has 1 aliphatic carbocycles. The summed E-state index contributed by atoms with van der Waals surface area (Å²) in [6, 6.07) is 5.18. The number of aliphatic hydroxyl groups is 1. The van der Waals surface area contributed by atoms with Gasteiger partial charge in [0.1, 0.15) is 11.5 Å². The van der Waals surface area contributed by atoms with Crippen molar-refractivity contribution >= 4 is 0 Å². The summed E-state index contributed by atoms with van der Waals surface area (Å²) in [6.45, 7) is 3.28. The second kappa shape index (κ2) is 6.46. The number of nitrogens with one attached hydrogen (secondary N) is 1. The van der Waals surface area contributed by atoms with Gasteiger partial charge in [0.2, 0.25) is 0 Å². The van der Waals surface area contributed by atoms with E-state index < -0.39 is 5.60 Å². The largest absolute Gasteiger partial charge is 0.508 e. The highest BCUT2D eigenvalue weighted by Crippen LogP contribution is 2.31. The van der Waals surface area contributed by atoms with Gasteiger partial charge in [-0.05, 0) is 37.0 Å². The van der Waals surface area contributed by atoms with E-state index in [0.717, 1.165) is 30.6 Å². The molecule has 1 aromatic rings. The molecule has 1 saturated carbocycles. The average Bonchev–Trinajstić information content (AvgIpc) is 2.40. The second-order valence-electron chi connectivity index (χ2n) is 6.02. The molecular weight excluding hydrogens is 254 g/mol. The monoisotopic (exact) mass is 279 g/mol. The fourth-order valence-electron chi connectivity index (χ4n) is 3.05. The van der Waals surface area contributed by atoms with E-state index in [1.54, 1.807) is 19.2 Å². The molecule has 0 heterocycles. The molecule has 1 aromatic carbocycles. The molecule has 2 atom stereocenters. The van der Waals surface area contributed by atoms with Crippen LogP contribution in [0.2, 0.25) is 0 Å². The van der Waals surface area contributed by atoms with Crippen LogP contribution in [0.5, 0.6) is 11.5 Å². The fourth-order valence-corrected chi connectivity index (χ4v) is 3.05. The number of methoxy groups -OCH3 is 1. The minimum Gasteiger partial charge on any atom is -0.508 e. The fraction of sp³-hybridized carbons (Fsp3) is 0.625. The Bertz CT molecular complexity index is 449. The quantitative estimate of drug-likeness (QED) is 0.774. The third-order valence-corrected chi connectivity index (χ3v) is 4.12. The molecule has 0 radical (unpaired) electrons. The smallest absolute Gasteiger partial charge is 0.120 e. The van der Waals surface area contributed by atoms with Gasteiger partial charge in [0.15, 0.2) is 0 Å². The third kappa shape index (κ3) is 3.87. The molecule has 3 N–H and O–H groups in total. The maximum absolute atomic E-state index is 10.5. The summed E-state index contributed by atoms with van der Waals surface area (Å²) in [5.74, 6) is 1.56. The van der Waals surface area contributed by atoms with Gasteiger partial charge in [0, 0.05) is 18.7 Å². The maximum atomic E-state index is 10.5. The van der Waals surface area contributed by atoms with Crippen LogP contribution >= 0.6 is 0 Å². The molecule has 4 heteroatoms. The molecule has 0 bridgehead atoms. The number of benzene rings is 1. The van der Waals surface area contributed by atoms with Crippen LogP contribution in [0.25, 0.3) is 0 Å². The minimum absolute atomic E-state index is 0.252. The van der Waals surface area contributed by atoms with E-state index in [0.29, 0.717) is 19.0 Å². The highest BCUT2D eigenvalue weighted by atomic mass is 16.5. The Labute approximate surface area is 120 Å². The van der Waals surface area contributed by atoms with Crippen LogP contribution in [-0.4, -0.2) is 29.5 Å². The molecular formula is C16H25NO3. The van der Waals surface area contributed by atoms with Crippen molar-refractivity contribution < 1.29 is 14.9 Å². The minimum atomic E-state index is -0.605. The van der Waals surface area contributed by atoms with Crippen LogP contribution in [0.3, 0.4) is 0 Å². The first-order chi connectivity index (χ1) is 9.52. The van der Waals surface area contributed by atoms with E-state index >= 15 is 0 Å². The van der Waals surface area contributed by atoms with E-state index in [2.05, 4.69) is 12.2 Å². The first kappa shape index (κ1) is 15.1. The van der Waals surface area contributed by atoms with E-state index in [9.17, 15) is 10.2 Å². The molecule has 112 valence electrons. The van der Waals surface area contributed by atoms with Crippen molar-refractivity contribution in [1.29, 1.82) is 0 Å². The van der Waals surface area contributed by atoms with Crippen molar-refractivity contribution in [3.05, 3.63) is 23.8 Å². The number of hydrogen-bond donors (Lipinski definition) is 3. The maximum Gasteiger partial charge on any atom is 0.120 e. The Hall–Kier alpha value is -1.26. The first-order valence-corrected chi connectivity index (χ1v) is 7.31. The summed E-state index contributed by atoms with van der Waals surface area (Å²) in [7, 11) is 1.61. The van der Waals surface area contributed by atoms with Crippen molar-refractivity contribution in [1.82, 2.24) is 5.32 Å². The summed E-state index contributed by atoms with van der Waals surface area (Å²) in [5, 5.41) is 23.6. The Morgan fingerprint density at radius 1 is 1.45 bits per heavy atom. The van der Waals surface area contributed by atoms with E-state index in [4.69, 9.17) is 4.74 Å². The lowest BCUT2D eigenvalue weighted by Gasteiger charge is -2.35. The lowest BCUT2D eigenvalue weighted by Crippen LogP contribution is -2.43. The number of phenols is 1. The van der Waals surface area contributed by atoms with Gasteiger partial charge in [0.05, 0.1) is 12.7 Å². The summed E-state index contributed by atoms with van der Waals surface area (Å²) in [6.07, 6.45) is 4.00. The normalized spacial score (nSPS) is 26.4. The van der Waals surface area contributed by atoms with Crippen LogP contribution in [0, 0.1) is 5.92 Å². The van der Waals surface area contributed by atoms with E-state index in [1.165, 1.54) is 6.42 Å². The van der Waals surface area contributed by atoms with Gasteiger partial charge in [-0.25, -0.2) is 0 Å². The van der Waals surface area contributed by atoms with Crippen molar-refractivity contribution in [2.24, 2.45) is 5.92 Å². The lowest BCUT2D eigenvalue weighted by molar-refractivity contribution is -0.0119. The summed E-state index contributed by atoms with van der Waals surface area (Å²) >= 11 is 0. The molecule has 0 amide bonds. The van der Waals surface area contributed by atoms with Crippen LogP contribution in [0.15, 0.2) is 18.2 Å². The number of aromatic hydroxyl groups is 1. The zero-order chi connectivity index (χ0) is 14.6. The Kier molecular flexibility index (Phi) is 4.89. The second-order valence-corrected chi connectivity index (χ2v) is 6.02. The zero-order valence-electron chi connectivity index (χ0n) is 12.4. The van der Waals surface area contributed by atoms with Crippen molar-refractivity contribution in [2.75, 3.05) is 13.7 Å². The number of phenolic OH excluding ortho intramolecular Hbond substituents is 1. The predicted molar refractivity (Wildman–Crippen MR) is 78.9 cm³/mol. The standard InChI is InChI=1S/C16H25NO3/c1-12-4-3-7-16(19,9-12)11-17-10-13-8-14(20-2)5-6-15(13)18/h5-6,8,12,17-19H,3-4,7,9-11H2,1-2H3. The molecule has 4 nitrogen and oxygen atoms in total. The first-order valence-electron chi connectivity index (χ1n) is 7.31. The predicted octanol–water partition coefficient (Wildman–Crippen LogP) is 2.43. The van der Waals surface area contributed by atoms with Gasteiger partial charge in [0.25, 0.3) is 0 Å². The van der Waals surface area contributed by atoms with Crippen LogP contribution in [0.4, 0.5) is 0 Å². The van der Waals surface area contributed by atoms with Crippen molar-refractivity contribution in [3.63, 3.8) is 0 Å². The summed E-state index contributed by atoms with van der Waals surface area (Å²) < 4.78 is 5.15. The lowest BCUT2D eigenvalue weighted by atomic mass is 9.79. The van der Waals surface area contributed by atoms with Gasteiger partial charge >= 0.3 is 0 Å². The summed E-state index contributed by atoms with van der Waals surface area (Å²) in [4.78, 5) is 0. The molecule has 2 rings (SSSR count). The van der Waals surface area contributed by atoms with Gasteiger partial charge in [-0.1, -0.05) is 19.8 Å². The van der Waals surface area contributed by atoms with Crippen LogP contribution in [-0.2, 0) is 6.54 Å².